The van der Waals surface area contributed by atoms with Crippen LogP contribution in [-0.4, -0.2) is 52.7 Å². The summed E-state index contributed by atoms with van der Waals surface area (Å²) in [6.45, 7) is 1.64. The Morgan fingerprint density at radius 3 is 2.61 bits per heavy atom. The van der Waals surface area contributed by atoms with Gasteiger partial charge < -0.3 is 15.5 Å². The average Bonchev–Trinajstić information content (AvgIpc) is 2.87. The molecular weight excluding hydrogens is 316 g/mol. The highest BCUT2D eigenvalue weighted by molar-refractivity contribution is 7.17. The molecule has 3 N–H and O–H groups in total. The minimum Gasteiger partial charge on any atom is -0.478 e. The second-order valence-corrected chi connectivity index (χ2v) is 7.38. The normalized spacial score (nSPS) is 19.3. The zero-order valence-corrected chi connectivity index (χ0v) is 13.8. The van der Waals surface area contributed by atoms with Gasteiger partial charge in [-0.3, -0.25) is 9.69 Å². The monoisotopic (exact) mass is 338 g/mol. The first kappa shape index (κ1) is 16.4. The van der Waals surface area contributed by atoms with Gasteiger partial charge in [0.1, 0.15) is 5.00 Å². The van der Waals surface area contributed by atoms with Gasteiger partial charge in [0.25, 0.3) is 0 Å². The van der Waals surface area contributed by atoms with Crippen LogP contribution in [0.5, 0.6) is 0 Å². The van der Waals surface area contributed by atoms with Crippen molar-refractivity contribution in [2.45, 2.75) is 44.6 Å². The van der Waals surface area contributed by atoms with Gasteiger partial charge in [-0.05, 0) is 44.1 Å². The zero-order valence-electron chi connectivity index (χ0n) is 13.0. The van der Waals surface area contributed by atoms with E-state index in [1.807, 2.05) is 4.90 Å². The van der Waals surface area contributed by atoms with E-state index < -0.39 is 5.97 Å². The number of aromatic carboxylic acids is 1. The van der Waals surface area contributed by atoms with Crippen molar-refractivity contribution in [1.29, 1.82) is 0 Å². The first-order valence-electron chi connectivity index (χ1n) is 8.12. The molecule has 1 aromatic rings. The van der Waals surface area contributed by atoms with Crippen molar-refractivity contribution in [3.05, 3.63) is 16.0 Å². The van der Waals surface area contributed by atoms with Crippen LogP contribution in [0.1, 0.15) is 46.5 Å². The number of piperidine rings is 1. The predicted octanol–water partition coefficient (Wildman–Crippen LogP) is 1.72. The highest BCUT2D eigenvalue weighted by Gasteiger charge is 2.26. The summed E-state index contributed by atoms with van der Waals surface area (Å²) >= 11 is 1.41. The number of carboxylic acids is 1. The minimum atomic E-state index is -0.958. The molecular formula is C16H22N2O4S. The number of rotatable bonds is 4. The van der Waals surface area contributed by atoms with Crippen molar-refractivity contribution >= 4 is 28.2 Å². The van der Waals surface area contributed by atoms with Crippen LogP contribution in [0.4, 0.5) is 5.00 Å². The lowest BCUT2D eigenvalue weighted by Crippen LogP contribution is -2.40. The summed E-state index contributed by atoms with van der Waals surface area (Å²) in [6.07, 6.45) is 4.87. The first-order chi connectivity index (χ1) is 11.0. The SMILES string of the molecule is O=C(CN1CCC(O)CC1)Nc1sc2c(c1C(=O)O)CCCC2. The van der Waals surface area contributed by atoms with Crippen LogP contribution in [0.3, 0.4) is 0 Å². The van der Waals surface area contributed by atoms with Gasteiger partial charge in [0.05, 0.1) is 18.2 Å². The van der Waals surface area contributed by atoms with Crippen LogP contribution in [-0.2, 0) is 17.6 Å². The topological polar surface area (TPSA) is 89.9 Å². The maximum Gasteiger partial charge on any atom is 0.339 e. The van der Waals surface area contributed by atoms with Gasteiger partial charge in [0.2, 0.25) is 5.91 Å². The van der Waals surface area contributed by atoms with Crippen molar-refractivity contribution in [3.63, 3.8) is 0 Å². The molecule has 0 unspecified atom stereocenters. The number of hydrogen-bond acceptors (Lipinski definition) is 5. The Morgan fingerprint density at radius 2 is 1.91 bits per heavy atom. The van der Waals surface area contributed by atoms with Crippen LogP contribution in [0.2, 0.25) is 0 Å². The molecule has 0 saturated carbocycles. The average molecular weight is 338 g/mol. The summed E-state index contributed by atoms with van der Waals surface area (Å²) in [5.74, 6) is -1.14. The van der Waals surface area contributed by atoms with E-state index in [4.69, 9.17) is 0 Å². The Morgan fingerprint density at radius 1 is 1.22 bits per heavy atom. The third kappa shape index (κ3) is 3.73. The molecule has 1 aliphatic carbocycles. The zero-order chi connectivity index (χ0) is 16.4. The number of fused-ring (bicyclic) bond motifs is 1. The van der Waals surface area contributed by atoms with Gasteiger partial charge in [0, 0.05) is 18.0 Å². The minimum absolute atomic E-state index is 0.178. The van der Waals surface area contributed by atoms with Gasteiger partial charge in [0.15, 0.2) is 0 Å². The van der Waals surface area contributed by atoms with E-state index in [0.29, 0.717) is 30.9 Å². The van der Waals surface area contributed by atoms with Crippen LogP contribution >= 0.6 is 11.3 Å². The molecule has 23 heavy (non-hydrogen) atoms. The number of carboxylic acid groups (broad SMARTS) is 1. The van der Waals surface area contributed by atoms with E-state index in [1.54, 1.807) is 0 Å². The number of carbonyl (C=O) groups is 2. The van der Waals surface area contributed by atoms with E-state index in [2.05, 4.69) is 5.32 Å². The van der Waals surface area contributed by atoms with Gasteiger partial charge in [-0.25, -0.2) is 4.79 Å². The molecule has 126 valence electrons. The highest BCUT2D eigenvalue weighted by Crippen LogP contribution is 2.38. The summed E-state index contributed by atoms with van der Waals surface area (Å²) in [4.78, 5) is 26.9. The van der Waals surface area contributed by atoms with Crippen LogP contribution < -0.4 is 5.32 Å². The molecule has 0 aromatic carbocycles. The summed E-state index contributed by atoms with van der Waals surface area (Å²) in [6, 6.07) is 0. The third-order valence-electron chi connectivity index (χ3n) is 4.56. The van der Waals surface area contributed by atoms with Gasteiger partial charge in [-0.2, -0.15) is 0 Å². The number of aliphatic hydroxyl groups is 1. The van der Waals surface area contributed by atoms with Crippen molar-refractivity contribution in [1.82, 2.24) is 4.90 Å². The molecule has 0 bridgehead atoms. The first-order valence-corrected chi connectivity index (χ1v) is 8.94. The number of nitrogens with one attached hydrogen (secondary N) is 1. The number of aryl methyl sites for hydroxylation is 1. The maximum atomic E-state index is 12.2. The number of hydrogen-bond donors (Lipinski definition) is 3. The summed E-state index contributed by atoms with van der Waals surface area (Å²) in [7, 11) is 0. The lowest BCUT2D eigenvalue weighted by molar-refractivity contribution is -0.117. The number of carbonyl (C=O) groups excluding carboxylic acids is 1. The van der Waals surface area contributed by atoms with Crippen LogP contribution in [0, 0.1) is 0 Å². The second-order valence-electron chi connectivity index (χ2n) is 6.28. The predicted molar refractivity (Wildman–Crippen MR) is 88.2 cm³/mol. The van der Waals surface area contributed by atoms with Crippen molar-refractivity contribution in [3.8, 4) is 0 Å². The maximum absolute atomic E-state index is 12.2. The Bertz CT molecular complexity index is 605. The van der Waals surface area contributed by atoms with E-state index in [0.717, 1.165) is 36.1 Å². The molecule has 6 nitrogen and oxygen atoms in total. The number of nitrogens with zero attached hydrogens (tertiary/aromatic N) is 1. The molecule has 1 fully saturated rings. The number of amides is 1. The number of likely N-dealkylation sites (tertiary alicyclic amines) is 1. The van der Waals surface area contributed by atoms with E-state index in [9.17, 15) is 19.8 Å². The molecule has 7 heteroatoms. The molecule has 1 saturated heterocycles. The summed E-state index contributed by atoms with van der Waals surface area (Å²) < 4.78 is 0. The Balaban J connectivity index is 1.68. The van der Waals surface area contributed by atoms with Gasteiger partial charge in [-0.15, -0.1) is 11.3 Å². The Labute approximate surface area is 139 Å². The van der Waals surface area contributed by atoms with Gasteiger partial charge in [-0.1, -0.05) is 0 Å². The highest BCUT2D eigenvalue weighted by atomic mass is 32.1. The fraction of sp³-hybridized carbons (Fsp3) is 0.625. The summed E-state index contributed by atoms with van der Waals surface area (Å²) in [5, 5.41) is 22.3. The van der Waals surface area contributed by atoms with E-state index in [-0.39, 0.29) is 24.1 Å². The molecule has 0 radical (unpaired) electrons. The van der Waals surface area contributed by atoms with Crippen LogP contribution in [0.15, 0.2) is 0 Å². The van der Waals surface area contributed by atoms with E-state index in [1.165, 1.54) is 11.3 Å². The largest absolute Gasteiger partial charge is 0.478 e. The smallest absolute Gasteiger partial charge is 0.339 e. The molecule has 1 aromatic heterocycles. The molecule has 2 aliphatic rings. The molecule has 0 atom stereocenters. The van der Waals surface area contributed by atoms with Crippen molar-refractivity contribution in [2.75, 3.05) is 25.0 Å². The molecule has 1 amide bonds. The molecule has 3 rings (SSSR count). The van der Waals surface area contributed by atoms with Gasteiger partial charge >= 0.3 is 5.97 Å². The molecule has 2 heterocycles. The van der Waals surface area contributed by atoms with Crippen molar-refractivity contribution < 1.29 is 19.8 Å². The Hall–Kier alpha value is -1.44. The molecule has 0 spiro atoms. The fourth-order valence-corrected chi connectivity index (χ4v) is 4.62. The second kappa shape index (κ2) is 6.98. The van der Waals surface area contributed by atoms with Crippen LogP contribution in [0.25, 0.3) is 0 Å². The number of anilines is 1. The lowest BCUT2D eigenvalue weighted by Gasteiger charge is -2.28. The quantitative estimate of drug-likeness (QED) is 0.778. The number of thiophene rings is 1. The standard InChI is InChI=1S/C16H22N2O4S/c19-10-5-7-18(8-6-10)9-13(20)17-15-14(16(21)22)11-3-1-2-4-12(11)23-15/h10,19H,1-9H2,(H,17,20)(H,21,22). The summed E-state index contributed by atoms with van der Waals surface area (Å²) in [5.41, 5.74) is 1.19. The Kier molecular flexibility index (Phi) is 4.99. The lowest BCUT2D eigenvalue weighted by atomic mass is 9.95. The third-order valence-corrected chi connectivity index (χ3v) is 5.77. The molecule has 1 aliphatic heterocycles. The van der Waals surface area contributed by atoms with Crippen molar-refractivity contribution in [2.24, 2.45) is 0 Å². The van der Waals surface area contributed by atoms with E-state index >= 15 is 0 Å². The fourth-order valence-electron chi connectivity index (χ4n) is 3.33. The number of aliphatic hydroxyl groups excluding tert-OH is 1.